The highest BCUT2D eigenvalue weighted by molar-refractivity contribution is 6.59. The average Bonchev–Trinajstić information content (AvgIpc) is 2.81. The summed E-state index contributed by atoms with van der Waals surface area (Å²) in [7, 11) is -0.0599. The van der Waals surface area contributed by atoms with Gasteiger partial charge in [-0.25, -0.2) is 4.68 Å². The lowest BCUT2D eigenvalue weighted by Gasteiger charge is -2.09. The lowest BCUT2D eigenvalue weighted by Crippen LogP contribution is -2.31. The minimum Gasteiger partial charge on any atom is -0.497 e. The number of hydrogen-bond acceptors (Lipinski definition) is 4. The number of rotatable bonds is 3. The van der Waals surface area contributed by atoms with E-state index in [1.54, 1.807) is 41.3 Å². The highest BCUT2D eigenvalue weighted by Gasteiger charge is 2.17. The molecule has 0 spiro atoms. The van der Waals surface area contributed by atoms with Crippen LogP contribution in [0.15, 0.2) is 36.7 Å². The average molecular weight is 218 g/mol. The quantitative estimate of drug-likeness (QED) is 0.685. The van der Waals surface area contributed by atoms with E-state index >= 15 is 0 Å². The Balaban J connectivity index is 2.45. The first-order valence-electron chi connectivity index (χ1n) is 4.76. The van der Waals surface area contributed by atoms with Crippen LogP contribution >= 0.6 is 0 Å². The predicted molar refractivity (Wildman–Crippen MR) is 59.9 cm³/mol. The zero-order valence-corrected chi connectivity index (χ0v) is 8.74. The molecule has 2 rings (SSSR count). The summed E-state index contributed by atoms with van der Waals surface area (Å²) in [6, 6.07) is 6.84. The Morgan fingerprint density at radius 1 is 1.38 bits per heavy atom. The van der Waals surface area contributed by atoms with Gasteiger partial charge in [-0.3, -0.25) is 0 Å². The Morgan fingerprint density at radius 2 is 2.19 bits per heavy atom. The molecule has 0 atom stereocenters. The lowest BCUT2D eigenvalue weighted by molar-refractivity contribution is 0.403. The first kappa shape index (κ1) is 10.7. The summed E-state index contributed by atoms with van der Waals surface area (Å²) in [6.07, 6.45) is 3.46. The second kappa shape index (κ2) is 4.38. The third kappa shape index (κ3) is 1.93. The van der Waals surface area contributed by atoms with E-state index in [4.69, 9.17) is 14.8 Å². The second-order valence-electron chi connectivity index (χ2n) is 3.25. The smallest absolute Gasteiger partial charge is 0.492 e. The van der Waals surface area contributed by atoms with Crippen LogP contribution in [0.4, 0.5) is 0 Å². The number of ether oxygens (including phenoxy) is 1. The van der Waals surface area contributed by atoms with Crippen molar-refractivity contribution < 1.29 is 14.8 Å². The van der Waals surface area contributed by atoms with Gasteiger partial charge < -0.3 is 14.8 Å². The van der Waals surface area contributed by atoms with Gasteiger partial charge >= 0.3 is 7.12 Å². The molecule has 1 aromatic carbocycles. The normalized spacial score (nSPS) is 10.2. The van der Waals surface area contributed by atoms with Gasteiger partial charge in [-0.05, 0) is 12.1 Å². The Labute approximate surface area is 93.1 Å². The summed E-state index contributed by atoms with van der Waals surface area (Å²) in [5, 5.41) is 22.3. The fourth-order valence-corrected chi connectivity index (χ4v) is 1.48. The maximum Gasteiger partial charge on any atom is 0.492 e. The molecule has 6 heteroatoms. The van der Waals surface area contributed by atoms with E-state index < -0.39 is 7.12 Å². The molecule has 2 N–H and O–H groups in total. The van der Waals surface area contributed by atoms with Crippen LogP contribution in [-0.2, 0) is 0 Å². The van der Waals surface area contributed by atoms with Gasteiger partial charge in [0.05, 0.1) is 12.8 Å². The third-order valence-electron chi connectivity index (χ3n) is 2.26. The van der Waals surface area contributed by atoms with Gasteiger partial charge in [0, 0.05) is 23.9 Å². The van der Waals surface area contributed by atoms with Crippen molar-refractivity contribution in [3.05, 3.63) is 36.7 Å². The van der Waals surface area contributed by atoms with Crippen LogP contribution in [0.2, 0.25) is 0 Å². The van der Waals surface area contributed by atoms with E-state index in [-0.39, 0.29) is 0 Å². The third-order valence-corrected chi connectivity index (χ3v) is 2.26. The Morgan fingerprint density at radius 3 is 2.75 bits per heavy atom. The summed E-state index contributed by atoms with van der Waals surface area (Å²) >= 11 is 0. The van der Waals surface area contributed by atoms with Gasteiger partial charge in [-0.1, -0.05) is 6.07 Å². The summed E-state index contributed by atoms with van der Waals surface area (Å²) in [5.41, 5.74) is 1.13. The standard InChI is InChI=1S/C10H11BN2O3/c1-16-10-7-8(13-6-2-5-12-13)3-4-9(10)11(14)15/h2-7,14-15H,1H3. The minimum absolute atomic E-state index is 0.332. The molecule has 1 heterocycles. The highest BCUT2D eigenvalue weighted by Crippen LogP contribution is 2.14. The van der Waals surface area contributed by atoms with E-state index in [9.17, 15) is 0 Å². The Bertz CT molecular complexity index is 471. The molecule has 0 bridgehead atoms. The van der Waals surface area contributed by atoms with Gasteiger partial charge in [0.25, 0.3) is 0 Å². The largest absolute Gasteiger partial charge is 0.497 e. The van der Waals surface area contributed by atoms with Crippen LogP contribution in [0, 0.1) is 0 Å². The van der Waals surface area contributed by atoms with Crippen molar-refractivity contribution in [3.8, 4) is 11.4 Å². The van der Waals surface area contributed by atoms with Crippen LogP contribution in [0.5, 0.6) is 5.75 Å². The summed E-state index contributed by atoms with van der Waals surface area (Å²) in [5.74, 6) is 0.419. The highest BCUT2D eigenvalue weighted by atomic mass is 16.5. The van der Waals surface area contributed by atoms with Crippen molar-refractivity contribution in [2.45, 2.75) is 0 Å². The van der Waals surface area contributed by atoms with E-state index in [0.717, 1.165) is 5.69 Å². The molecule has 0 saturated carbocycles. The van der Waals surface area contributed by atoms with E-state index in [1.807, 2.05) is 0 Å². The lowest BCUT2D eigenvalue weighted by atomic mass is 9.79. The molecule has 0 amide bonds. The number of hydrogen-bond donors (Lipinski definition) is 2. The Kier molecular flexibility index (Phi) is 2.94. The molecule has 0 aliphatic heterocycles. The number of benzene rings is 1. The van der Waals surface area contributed by atoms with Gasteiger partial charge in [-0.15, -0.1) is 0 Å². The van der Waals surface area contributed by atoms with Gasteiger partial charge in [0.2, 0.25) is 0 Å². The zero-order chi connectivity index (χ0) is 11.5. The minimum atomic E-state index is -1.54. The van der Waals surface area contributed by atoms with Crippen molar-refractivity contribution >= 4 is 12.6 Å². The fourth-order valence-electron chi connectivity index (χ4n) is 1.48. The molecular weight excluding hydrogens is 207 g/mol. The Hall–Kier alpha value is -1.79. The van der Waals surface area contributed by atoms with Gasteiger partial charge in [0.15, 0.2) is 0 Å². The van der Waals surface area contributed by atoms with Crippen LogP contribution in [0.25, 0.3) is 5.69 Å². The van der Waals surface area contributed by atoms with Crippen molar-refractivity contribution in [2.75, 3.05) is 7.11 Å². The van der Waals surface area contributed by atoms with Crippen molar-refractivity contribution in [3.63, 3.8) is 0 Å². The van der Waals surface area contributed by atoms with Gasteiger partial charge in [0.1, 0.15) is 5.75 Å². The summed E-state index contributed by atoms with van der Waals surface area (Å²) in [6.45, 7) is 0. The van der Waals surface area contributed by atoms with E-state index in [0.29, 0.717) is 11.2 Å². The number of aromatic nitrogens is 2. The molecule has 0 aliphatic rings. The predicted octanol–water partition coefficient (Wildman–Crippen LogP) is -0.439. The first-order chi connectivity index (χ1) is 7.72. The van der Waals surface area contributed by atoms with Gasteiger partial charge in [-0.2, -0.15) is 5.10 Å². The number of methoxy groups -OCH3 is 1. The van der Waals surface area contributed by atoms with E-state index in [2.05, 4.69) is 5.10 Å². The van der Waals surface area contributed by atoms with Crippen LogP contribution in [0.1, 0.15) is 0 Å². The summed E-state index contributed by atoms with van der Waals surface area (Å²) in [4.78, 5) is 0. The fraction of sp³-hybridized carbons (Fsp3) is 0.100. The van der Waals surface area contributed by atoms with Crippen LogP contribution in [0.3, 0.4) is 0 Å². The number of nitrogens with zero attached hydrogens (tertiary/aromatic N) is 2. The molecule has 82 valence electrons. The molecule has 0 saturated heterocycles. The van der Waals surface area contributed by atoms with Crippen molar-refractivity contribution in [1.29, 1.82) is 0 Å². The monoisotopic (exact) mass is 218 g/mol. The molecule has 0 radical (unpaired) electrons. The molecule has 16 heavy (non-hydrogen) atoms. The molecule has 2 aromatic rings. The second-order valence-corrected chi connectivity index (χ2v) is 3.25. The topological polar surface area (TPSA) is 67.5 Å². The maximum atomic E-state index is 9.11. The SMILES string of the molecule is COc1cc(-n2cccn2)ccc1B(O)O. The van der Waals surface area contributed by atoms with Crippen LogP contribution in [-0.4, -0.2) is 34.1 Å². The van der Waals surface area contributed by atoms with E-state index in [1.165, 1.54) is 7.11 Å². The molecule has 0 unspecified atom stereocenters. The molecule has 5 nitrogen and oxygen atoms in total. The molecule has 0 aliphatic carbocycles. The summed E-state index contributed by atoms with van der Waals surface area (Å²) < 4.78 is 6.75. The molecular formula is C10H11BN2O3. The molecule has 0 fully saturated rings. The first-order valence-corrected chi connectivity index (χ1v) is 4.76. The zero-order valence-electron chi connectivity index (χ0n) is 8.74. The van der Waals surface area contributed by atoms with Crippen LogP contribution < -0.4 is 10.2 Å². The van der Waals surface area contributed by atoms with Crippen molar-refractivity contribution in [2.24, 2.45) is 0 Å². The molecule has 1 aromatic heterocycles. The van der Waals surface area contributed by atoms with Crippen molar-refractivity contribution in [1.82, 2.24) is 9.78 Å². The maximum absolute atomic E-state index is 9.11.